The Balaban J connectivity index is 2.18. The zero-order valence-electron chi connectivity index (χ0n) is 13.2. The number of halogens is 1. The molecule has 0 unspecified atom stereocenters. The van der Waals surface area contributed by atoms with Crippen LogP contribution in [0.1, 0.15) is 11.1 Å². The predicted molar refractivity (Wildman–Crippen MR) is 96.5 cm³/mol. The Morgan fingerprint density at radius 3 is 2.38 bits per heavy atom. The quantitative estimate of drug-likeness (QED) is 0.800. The van der Waals surface area contributed by atoms with Gasteiger partial charge in [-0.3, -0.25) is 9.52 Å². The van der Waals surface area contributed by atoms with Crippen molar-refractivity contribution >= 4 is 39.3 Å². The van der Waals surface area contributed by atoms with Gasteiger partial charge in [-0.15, -0.1) is 0 Å². The smallest absolute Gasteiger partial charge is 0.261 e. The Morgan fingerprint density at radius 2 is 1.79 bits per heavy atom. The maximum absolute atomic E-state index is 12.4. The van der Waals surface area contributed by atoms with Crippen LogP contribution in [0.15, 0.2) is 53.4 Å². The summed E-state index contributed by atoms with van der Waals surface area (Å²) in [6.07, 6.45) is 2.97. The fraction of sp³-hybridized carbons (Fsp3) is 0.118. The molecule has 2 aromatic carbocycles. The molecule has 0 fully saturated rings. The first-order valence-electron chi connectivity index (χ1n) is 7.10. The van der Waals surface area contributed by atoms with Crippen molar-refractivity contribution in [1.29, 1.82) is 0 Å². The molecule has 2 rings (SSSR count). The minimum Gasteiger partial charge on any atom is -0.356 e. The summed E-state index contributed by atoms with van der Waals surface area (Å²) >= 11 is 6.01. The average molecular weight is 365 g/mol. The number of nitrogens with one attached hydrogen (secondary N) is 2. The third kappa shape index (κ3) is 4.59. The minimum atomic E-state index is -3.71. The third-order valence-corrected chi connectivity index (χ3v) is 5.09. The predicted octanol–water partition coefficient (Wildman–Crippen LogP) is 3.21. The number of benzene rings is 2. The van der Waals surface area contributed by atoms with Crippen LogP contribution >= 0.6 is 11.6 Å². The Hall–Kier alpha value is -2.31. The van der Waals surface area contributed by atoms with Crippen LogP contribution in [-0.2, 0) is 14.8 Å². The van der Waals surface area contributed by atoms with Gasteiger partial charge in [0, 0.05) is 18.1 Å². The van der Waals surface area contributed by atoms with E-state index in [0.717, 1.165) is 11.1 Å². The number of hydrogen-bond donors (Lipinski definition) is 2. The molecule has 7 heteroatoms. The second-order valence-corrected chi connectivity index (χ2v) is 7.18. The van der Waals surface area contributed by atoms with Gasteiger partial charge in [0.2, 0.25) is 5.91 Å². The number of aryl methyl sites for hydroxylation is 1. The summed E-state index contributed by atoms with van der Waals surface area (Å²) in [5.41, 5.74) is 1.98. The summed E-state index contributed by atoms with van der Waals surface area (Å²) in [5, 5.41) is 2.95. The summed E-state index contributed by atoms with van der Waals surface area (Å²) < 4.78 is 27.3. The number of carbonyl (C=O) groups excluding carboxylic acids is 1. The molecule has 0 spiro atoms. The maximum atomic E-state index is 12.4. The fourth-order valence-corrected chi connectivity index (χ4v) is 3.11. The molecule has 1 amide bonds. The van der Waals surface area contributed by atoms with Crippen LogP contribution in [0.3, 0.4) is 0 Å². The summed E-state index contributed by atoms with van der Waals surface area (Å²) in [6.45, 7) is 1.84. The number of hydrogen-bond acceptors (Lipinski definition) is 3. The van der Waals surface area contributed by atoms with E-state index in [4.69, 9.17) is 11.6 Å². The summed E-state index contributed by atoms with van der Waals surface area (Å²) in [5.74, 6) is -0.232. The van der Waals surface area contributed by atoms with Gasteiger partial charge in [0.1, 0.15) is 0 Å². The van der Waals surface area contributed by atoms with E-state index < -0.39 is 10.0 Å². The molecule has 0 aliphatic rings. The van der Waals surface area contributed by atoms with Crippen LogP contribution in [0.4, 0.5) is 5.69 Å². The van der Waals surface area contributed by atoms with Gasteiger partial charge in [-0.25, -0.2) is 8.42 Å². The first-order valence-corrected chi connectivity index (χ1v) is 8.97. The molecule has 0 aliphatic carbocycles. The lowest BCUT2D eigenvalue weighted by atomic mass is 10.2. The zero-order chi connectivity index (χ0) is 17.7. The van der Waals surface area contributed by atoms with Gasteiger partial charge in [0.15, 0.2) is 0 Å². The monoisotopic (exact) mass is 364 g/mol. The van der Waals surface area contributed by atoms with Crippen LogP contribution in [0.2, 0.25) is 5.02 Å². The van der Waals surface area contributed by atoms with Crippen molar-refractivity contribution < 1.29 is 13.2 Å². The van der Waals surface area contributed by atoms with Crippen molar-refractivity contribution in [3.63, 3.8) is 0 Å². The Labute approximate surface area is 146 Å². The van der Waals surface area contributed by atoms with Gasteiger partial charge < -0.3 is 5.32 Å². The molecule has 0 heterocycles. The van der Waals surface area contributed by atoms with Crippen LogP contribution in [0, 0.1) is 6.92 Å². The van der Waals surface area contributed by atoms with Crippen LogP contribution < -0.4 is 10.0 Å². The van der Waals surface area contributed by atoms with E-state index in [2.05, 4.69) is 10.0 Å². The summed E-state index contributed by atoms with van der Waals surface area (Å²) in [6, 6.07) is 11.1. The van der Waals surface area contributed by atoms with Crippen LogP contribution in [0.25, 0.3) is 6.08 Å². The van der Waals surface area contributed by atoms with E-state index >= 15 is 0 Å². The number of amides is 1. The topological polar surface area (TPSA) is 75.3 Å². The highest BCUT2D eigenvalue weighted by atomic mass is 35.5. The number of rotatable bonds is 5. The lowest BCUT2D eigenvalue weighted by Crippen LogP contribution is -2.14. The van der Waals surface area contributed by atoms with Gasteiger partial charge in [-0.05, 0) is 48.4 Å². The van der Waals surface area contributed by atoms with Crippen molar-refractivity contribution in [2.45, 2.75) is 11.8 Å². The Morgan fingerprint density at radius 1 is 1.12 bits per heavy atom. The molecule has 24 heavy (non-hydrogen) atoms. The summed E-state index contributed by atoms with van der Waals surface area (Å²) in [7, 11) is -2.17. The molecule has 0 saturated heterocycles. The Kier molecular flexibility index (Phi) is 5.64. The van der Waals surface area contributed by atoms with Crippen LogP contribution in [0.5, 0.6) is 0 Å². The van der Waals surface area contributed by atoms with E-state index in [-0.39, 0.29) is 10.8 Å². The van der Waals surface area contributed by atoms with Crippen molar-refractivity contribution in [3.8, 4) is 0 Å². The molecule has 0 bridgehead atoms. The van der Waals surface area contributed by atoms with Crippen LogP contribution in [-0.4, -0.2) is 21.4 Å². The standard InChI is InChI=1S/C17H17ClN2O3S/c1-12-3-7-14(11-16(12)18)20-24(22,23)15-8-4-13(5-9-15)6-10-17(21)19-2/h3-11,20H,1-2H3,(H,19,21)/b10-6+. The largest absolute Gasteiger partial charge is 0.356 e. The number of carbonyl (C=O) groups is 1. The van der Waals surface area contributed by atoms with Crippen molar-refractivity contribution in [3.05, 3.63) is 64.7 Å². The Bertz CT molecular complexity index is 875. The van der Waals surface area contributed by atoms with E-state index in [1.165, 1.54) is 25.3 Å². The number of sulfonamides is 1. The molecule has 2 N–H and O–H groups in total. The molecular formula is C17H17ClN2O3S. The molecule has 0 atom stereocenters. The maximum Gasteiger partial charge on any atom is 0.261 e. The first kappa shape index (κ1) is 18.0. The first-order chi connectivity index (χ1) is 11.3. The number of likely N-dealkylation sites (N-methyl/N-ethyl adjacent to an activating group) is 1. The van der Waals surface area contributed by atoms with Crippen molar-refractivity contribution in [2.24, 2.45) is 0 Å². The third-order valence-electron chi connectivity index (χ3n) is 3.29. The molecular weight excluding hydrogens is 348 g/mol. The van der Waals surface area contributed by atoms with Gasteiger partial charge in [0.25, 0.3) is 10.0 Å². The number of anilines is 1. The molecule has 0 aliphatic heterocycles. The lowest BCUT2D eigenvalue weighted by Gasteiger charge is -2.09. The highest BCUT2D eigenvalue weighted by molar-refractivity contribution is 7.92. The summed E-state index contributed by atoms with van der Waals surface area (Å²) in [4.78, 5) is 11.3. The highest BCUT2D eigenvalue weighted by Gasteiger charge is 2.14. The van der Waals surface area contributed by atoms with E-state index in [1.54, 1.807) is 36.4 Å². The average Bonchev–Trinajstić information content (AvgIpc) is 2.56. The van der Waals surface area contributed by atoms with Gasteiger partial charge >= 0.3 is 0 Å². The molecule has 2 aromatic rings. The van der Waals surface area contributed by atoms with Gasteiger partial charge in [-0.2, -0.15) is 0 Å². The van der Waals surface area contributed by atoms with Gasteiger partial charge in [-0.1, -0.05) is 29.8 Å². The lowest BCUT2D eigenvalue weighted by molar-refractivity contribution is -0.115. The highest BCUT2D eigenvalue weighted by Crippen LogP contribution is 2.22. The molecule has 0 saturated carbocycles. The van der Waals surface area contributed by atoms with E-state index in [1.807, 2.05) is 6.92 Å². The van der Waals surface area contributed by atoms with Crippen molar-refractivity contribution in [2.75, 3.05) is 11.8 Å². The molecule has 126 valence electrons. The second-order valence-electron chi connectivity index (χ2n) is 5.09. The normalized spacial score (nSPS) is 11.5. The SMILES string of the molecule is CNC(=O)/C=C/c1ccc(S(=O)(=O)Nc2ccc(C)c(Cl)c2)cc1. The minimum absolute atomic E-state index is 0.122. The second kappa shape index (κ2) is 7.51. The fourth-order valence-electron chi connectivity index (χ4n) is 1.88. The van der Waals surface area contributed by atoms with Crippen molar-refractivity contribution in [1.82, 2.24) is 5.32 Å². The van der Waals surface area contributed by atoms with E-state index in [0.29, 0.717) is 10.7 Å². The zero-order valence-corrected chi connectivity index (χ0v) is 14.8. The molecule has 5 nitrogen and oxygen atoms in total. The molecule has 0 radical (unpaired) electrons. The van der Waals surface area contributed by atoms with E-state index in [9.17, 15) is 13.2 Å². The van der Waals surface area contributed by atoms with Gasteiger partial charge in [0.05, 0.1) is 10.6 Å². The molecule has 0 aromatic heterocycles.